The van der Waals surface area contributed by atoms with Crippen LogP contribution in [0.15, 0.2) is 12.1 Å². The lowest BCUT2D eigenvalue weighted by molar-refractivity contribution is -0.384. The molecular weight excluding hydrogens is 316 g/mol. The molecule has 0 radical (unpaired) electrons. The van der Waals surface area contributed by atoms with Gasteiger partial charge in [-0.05, 0) is 34.7 Å². The van der Waals surface area contributed by atoms with Crippen molar-refractivity contribution in [3.63, 3.8) is 0 Å². The van der Waals surface area contributed by atoms with E-state index < -0.39 is 4.92 Å². The van der Waals surface area contributed by atoms with Crippen LogP contribution < -0.4 is 0 Å². The summed E-state index contributed by atoms with van der Waals surface area (Å²) in [5.74, 6) is 0. The van der Waals surface area contributed by atoms with Crippen LogP contribution in [-0.2, 0) is 0 Å². The minimum Gasteiger partial charge on any atom is -0.258 e. The Morgan fingerprint density at radius 2 is 2.00 bits per heavy atom. The minimum atomic E-state index is -0.590. The first kappa shape index (κ1) is 10.0. The van der Waals surface area contributed by atoms with Gasteiger partial charge in [-0.25, -0.2) is 0 Å². The molecule has 0 amide bonds. The van der Waals surface area contributed by atoms with E-state index in [9.17, 15) is 10.1 Å². The summed E-state index contributed by atoms with van der Waals surface area (Å²) in [5, 5.41) is 10.6. The van der Waals surface area contributed by atoms with Gasteiger partial charge in [-0.3, -0.25) is 10.1 Å². The van der Waals surface area contributed by atoms with Crippen LogP contribution in [0.2, 0.25) is 10.0 Å². The molecule has 0 heterocycles. The van der Waals surface area contributed by atoms with Crippen molar-refractivity contribution in [2.45, 2.75) is 0 Å². The molecule has 0 N–H and O–H groups in total. The number of nitro benzene ring substituents is 1. The van der Waals surface area contributed by atoms with Crippen LogP contribution in [0.4, 0.5) is 5.69 Å². The van der Waals surface area contributed by atoms with Crippen molar-refractivity contribution in [2.24, 2.45) is 0 Å². The van der Waals surface area contributed by atoms with Crippen molar-refractivity contribution in [3.05, 3.63) is 35.9 Å². The number of halogens is 3. The lowest BCUT2D eigenvalue weighted by Crippen LogP contribution is -1.91. The van der Waals surface area contributed by atoms with E-state index in [1.165, 1.54) is 6.07 Å². The van der Waals surface area contributed by atoms with Gasteiger partial charge in [-0.15, -0.1) is 0 Å². The van der Waals surface area contributed by atoms with Crippen molar-refractivity contribution < 1.29 is 4.92 Å². The summed E-state index contributed by atoms with van der Waals surface area (Å²) in [5.41, 5.74) is -0.231. The van der Waals surface area contributed by atoms with Crippen LogP contribution in [0.25, 0.3) is 0 Å². The summed E-state index contributed by atoms with van der Waals surface area (Å²) in [7, 11) is 0. The number of rotatable bonds is 1. The van der Waals surface area contributed by atoms with Gasteiger partial charge in [0.15, 0.2) is 0 Å². The lowest BCUT2D eigenvalue weighted by Gasteiger charge is -1.98. The van der Waals surface area contributed by atoms with E-state index in [-0.39, 0.29) is 15.7 Å². The maximum atomic E-state index is 10.4. The summed E-state index contributed by atoms with van der Waals surface area (Å²) >= 11 is 13.1. The summed E-state index contributed by atoms with van der Waals surface area (Å²) in [6.45, 7) is 0. The molecule has 0 fully saturated rings. The van der Waals surface area contributed by atoms with Crippen molar-refractivity contribution in [1.29, 1.82) is 0 Å². The maximum absolute atomic E-state index is 10.4. The average molecular weight is 318 g/mol. The molecule has 1 aromatic carbocycles. The highest BCUT2D eigenvalue weighted by Crippen LogP contribution is 2.35. The van der Waals surface area contributed by atoms with E-state index >= 15 is 0 Å². The molecule has 0 spiro atoms. The SMILES string of the molecule is O=[N+]([O-])c1c(Cl)ccc(I)c1Cl. The van der Waals surface area contributed by atoms with Crippen molar-refractivity contribution in [1.82, 2.24) is 0 Å². The van der Waals surface area contributed by atoms with Crippen molar-refractivity contribution in [3.8, 4) is 0 Å². The van der Waals surface area contributed by atoms with E-state index in [1.807, 2.05) is 22.6 Å². The largest absolute Gasteiger partial charge is 0.307 e. The van der Waals surface area contributed by atoms with E-state index in [1.54, 1.807) is 6.07 Å². The molecule has 3 nitrogen and oxygen atoms in total. The average Bonchev–Trinajstić information content (AvgIpc) is 1.97. The standard InChI is InChI=1S/C6H2Cl2INO2/c7-3-1-2-4(9)5(8)6(3)10(11)12/h1-2H. The summed E-state index contributed by atoms with van der Waals surface area (Å²) in [6.07, 6.45) is 0. The molecule has 1 aromatic rings. The highest BCUT2D eigenvalue weighted by molar-refractivity contribution is 14.1. The highest BCUT2D eigenvalue weighted by atomic mass is 127. The van der Waals surface area contributed by atoms with Gasteiger partial charge in [0.25, 0.3) is 0 Å². The smallest absolute Gasteiger partial charge is 0.258 e. The molecular formula is C6H2Cl2INO2. The Morgan fingerprint density at radius 3 is 2.42 bits per heavy atom. The van der Waals surface area contributed by atoms with E-state index in [4.69, 9.17) is 23.2 Å². The second kappa shape index (κ2) is 3.76. The molecule has 0 saturated heterocycles. The Morgan fingerprint density at radius 1 is 1.42 bits per heavy atom. The van der Waals surface area contributed by atoms with Gasteiger partial charge in [0, 0.05) is 3.57 Å². The van der Waals surface area contributed by atoms with Gasteiger partial charge in [0.1, 0.15) is 10.0 Å². The first-order chi connectivity index (χ1) is 5.54. The number of benzene rings is 1. The fourth-order valence-corrected chi connectivity index (χ4v) is 1.63. The van der Waals surface area contributed by atoms with E-state index in [2.05, 4.69) is 0 Å². The van der Waals surface area contributed by atoms with Crippen molar-refractivity contribution >= 4 is 51.5 Å². The fraction of sp³-hybridized carbons (Fsp3) is 0. The Labute approximate surface area is 92.0 Å². The second-order valence-electron chi connectivity index (χ2n) is 1.95. The Bertz CT molecular complexity index is 343. The summed E-state index contributed by atoms with van der Waals surface area (Å²) < 4.78 is 0.616. The minimum absolute atomic E-state index is 0.0606. The van der Waals surface area contributed by atoms with Crippen LogP contribution in [-0.4, -0.2) is 4.92 Å². The normalized spacial score (nSPS) is 9.92. The van der Waals surface area contributed by atoms with Crippen LogP contribution in [0.5, 0.6) is 0 Å². The summed E-state index contributed by atoms with van der Waals surface area (Å²) in [6, 6.07) is 3.07. The molecule has 6 heteroatoms. The molecule has 0 aliphatic rings. The molecule has 1 rings (SSSR count). The molecule has 0 atom stereocenters. The van der Waals surface area contributed by atoms with Gasteiger partial charge in [0.2, 0.25) is 0 Å². The van der Waals surface area contributed by atoms with Gasteiger partial charge in [-0.2, -0.15) is 0 Å². The first-order valence-electron chi connectivity index (χ1n) is 2.82. The fourth-order valence-electron chi connectivity index (χ4n) is 0.684. The molecule has 0 unspecified atom stereocenters. The van der Waals surface area contributed by atoms with Gasteiger partial charge in [0.05, 0.1) is 4.92 Å². The van der Waals surface area contributed by atoms with Crippen LogP contribution in [0.1, 0.15) is 0 Å². The zero-order chi connectivity index (χ0) is 9.30. The zero-order valence-electron chi connectivity index (χ0n) is 5.55. The number of hydrogen-bond acceptors (Lipinski definition) is 2. The first-order valence-corrected chi connectivity index (χ1v) is 4.65. The topological polar surface area (TPSA) is 43.1 Å². The predicted octanol–water partition coefficient (Wildman–Crippen LogP) is 3.51. The number of nitro groups is 1. The third kappa shape index (κ3) is 1.81. The number of nitrogens with zero attached hydrogens (tertiary/aromatic N) is 1. The van der Waals surface area contributed by atoms with Crippen LogP contribution in [0.3, 0.4) is 0 Å². The van der Waals surface area contributed by atoms with E-state index in [0.29, 0.717) is 3.57 Å². The van der Waals surface area contributed by atoms with Gasteiger partial charge < -0.3 is 0 Å². The quantitative estimate of drug-likeness (QED) is 0.344. The monoisotopic (exact) mass is 317 g/mol. The highest BCUT2D eigenvalue weighted by Gasteiger charge is 2.19. The zero-order valence-corrected chi connectivity index (χ0v) is 9.22. The Balaban J connectivity index is 3.43. The summed E-state index contributed by atoms with van der Waals surface area (Å²) in [4.78, 5) is 9.84. The maximum Gasteiger partial charge on any atom is 0.307 e. The van der Waals surface area contributed by atoms with E-state index in [0.717, 1.165) is 0 Å². The molecule has 64 valence electrons. The molecule has 0 aliphatic heterocycles. The Kier molecular flexibility index (Phi) is 3.14. The third-order valence-corrected chi connectivity index (χ3v) is 3.11. The van der Waals surface area contributed by atoms with Crippen molar-refractivity contribution in [2.75, 3.05) is 0 Å². The second-order valence-corrected chi connectivity index (χ2v) is 3.90. The molecule has 0 saturated carbocycles. The molecule has 0 bridgehead atoms. The predicted molar refractivity (Wildman–Crippen MR) is 55.8 cm³/mol. The van der Waals surface area contributed by atoms with Crippen LogP contribution >= 0.6 is 45.8 Å². The van der Waals surface area contributed by atoms with Crippen LogP contribution in [0, 0.1) is 13.7 Å². The van der Waals surface area contributed by atoms with Gasteiger partial charge in [-0.1, -0.05) is 23.2 Å². The molecule has 0 aromatic heterocycles. The lowest BCUT2D eigenvalue weighted by atomic mass is 10.3. The van der Waals surface area contributed by atoms with Gasteiger partial charge >= 0.3 is 5.69 Å². The molecule has 0 aliphatic carbocycles. The molecule has 12 heavy (non-hydrogen) atoms. The third-order valence-electron chi connectivity index (χ3n) is 1.20. The Hall–Kier alpha value is -0.0700. The number of hydrogen-bond donors (Lipinski definition) is 0.